The molecule has 1 amide bonds. The lowest BCUT2D eigenvalue weighted by atomic mass is 10.2. The number of carbonyl (C=O) groups is 2. The highest BCUT2D eigenvalue weighted by atomic mass is 16.5. The number of nitrogens with one attached hydrogen (secondary N) is 1. The molecule has 23 heavy (non-hydrogen) atoms. The van der Waals surface area contributed by atoms with Crippen molar-refractivity contribution in [3.05, 3.63) is 36.0 Å². The average molecular weight is 317 g/mol. The summed E-state index contributed by atoms with van der Waals surface area (Å²) in [6, 6.07) is 8.26. The lowest BCUT2D eigenvalue weighted by molar-refractivity contribution is -0.119. The van der Waals surface area contributed by atoms with Gasteiger partial charge in [0.05, 0.1) is 6.10 Å². The molecule has 2 aromatic rings. The molecule has 0 bridgehead atoms. The van der Waals surface area contributed by atoms with Crippen LogP contribution >= 0.6 is 0 Å². The molecule has 0 aliphatic rings. The van der Waals surface area contributed by atoms with Gasteiger partial charge in [-0.05, 0) is 32.9 Å². The normalized spacial score (nSPS) is 12.0. The van der Waals surface area contributed by atoms with Crippen molar-refractivity contribution in [2.24, 2.45) is 0 Å². The quantitative estimate of drug-likeness (QED) is 0.810. The number of ether oxygens (including phenoxy) is 1. The van der Waals surface area contributed by atoms with E-state index in [4.69, 9.17) is 10.5 Å². The monoisotopic (exact) mass is 317 g/mol. The Hall–Kier alpha value is -2.90. The largest absolute Gasteiger partial charge is 0.458 e. The van der Waals surface area contributed by atoms with Gasteiger partial charge in [-0.25, -0.2) is 9.48 Å². The second-order valence-electron chi connectivity index (χ2n) is 5.25. The van der Waals surface area contributed by atoms with E-state index in [1.807, 2.05) is 18.2 Å². The molecule has 0 aliphatic carbocycles. The lowest BCUT2D eigenvalue weighted by Crippen LogP contribution is -2.25. The summed E-state index contributed by atoms with van der Waals surface area (Å²) in [7, 11) is 0. The van der Waals surface area contributed by atoms with Crippen molar-refractivity contribution < 1.29 is 14.3 Å². The number of hydrogen-bond donors (Lipinski definition) is 2. The second-order valence-corrected chi connectivity index (χ2v) is 5.25. The summed E-state index contributed by atoms with van der Waals surface area (Å²) in [5.74, 6) is -0.998. The number of hydrogen-bond acceptors (Lipinski definition) is 6. The molecule has 3 N–H and O–H groups in total. The summed E-state index contributed by atoms with van der Waals surface area (Å²) in [6.07, 6.45) is -0.300. The smallest absolute Gasteiger partial charge is 0.363 e. The van der Waals surface area contributed by atoms with Gasteiger partial charge < -0.3 is 15.8 Å². The van der Waals surface area contributed by atoms with E-state index in [1.54, 1.807) is 32.9 Å². The second kappa shape index (κ2) is 6.91. The fraction of sp³-hybridized carbons (Fsp3) is 0.333. The summed E-state index contributed by atoms with van der Waals surface area (Å²) >= 11 is 0. The van der Waals surface area contributed by atoms with E-state index >= 15 is 0 Å². The highest BCUT2D eigenvalue weighted by Gasteiger charge is 2.25. The molecule has 0 spiro atoms. The number of aromatic nitrogens is 3. The van der Waals surface area contributed by atoms with Crippen molar-refractivity contribution in [3.63, 3.8) is 0 Å². The molecule has 0 radical (unpaired) electrons. The molecule has 0 aliphatic heterocycles. The topological polar surface area (TPSA) is 112 Å². The molecule has 122 valence electrons. The van der Waals surface area contributed by atoms with Gasteiger partial charge in [0.15, 0.2) is 5.82 Å². The number of esters is 1. The predicted molar refractivity (Wildman–Crippen MR) is 84.8 cm³/mol. The van der Waals surface area contributed by atoms with Crippen LogP contribution < -0.4 is 11.1 Å². The fourth-order valence-electron chi connectivity index (χ4n) is 1.88. The van der Waals surface area contributed by atoms with E-state index in [1.165, 1.54) is 4.68 Å². The van der Waals surface area contributed by atoms with Crippen LogP contribution in [0.25, 0.3) is 0 Å². The molecule has 0 saturated carbocycles. The third-order valence-corrected chi connectivity index (χ3v) is 3.05. The van der Waals surface area contributed by atoms with E-state index < -0.39 is 12.0 Å². The van der Waals surface area contributed by atoms with Crippen LogP contribution in [-0.4, -0.2) is 33.0 Å². The highest BCUT2D eigenvalue weighted by Crippen LogP contribution is 2.17. The molecule has 1 aromatic carbocycles. The van der Waals surface area contributed by atoms with E-state index in [0.29, 0.717) is 5.69 Å². The molecule has 1 atom stereocenters. The summed E-state index contributed by atoms with van der Waals surface area (Å²) in [5.41, 5.74) is 6.43. The molecule has 0 fully saturated rings. The number of nitrogens with zero attached hydrogens (tertiary/aromatic N) is 3. The molecular weight excluding hydrogens is 298 g/mol. The first-order valence-electron chi connectivity index (χ1n) is 7.17. The van der Waals surface area contributed by atoms with Crippen molar-refractivity contribution in [1.29, 1.82) is 0 Å². The maximum Gasteiger partial charge on any atom is 0.363 e. The van der Waals surface area contributed by atoms with Crippen LogP contribution in [0.3, 0.4) is 0 Å². The van der Waals surface area contributed by atoms with Gasteiger partial charge in [0, 0.05) is 5.69 Å². The number of anilines is 2. The Balaban J connectivity index is 2.13. The molecule has 2 rings (SSSR count). The first-order valence-corrected chi connectivity index (χ1v) is 7.17. The maximum atomic E-state index is 12.3. The van der Waals surface area contributed by atoms with Gasteiger partial charge in [-0.15, -0.1) is 5.10 Å². The molecule has 0 saturated heterocycles. The van der Waals surface area contributed by atoms with Crippen LogP contribution in [0.5, 0.6) is 0 Å². The van der Waals surface area contributed by atoms with Crippen molar-refractivity contribution in [3.8, 4) is 0 Å². The zero-order valence-corrected chi connectivity index (χ0v) is 13.2. The fourth-order valence-corrected chi connectivity index (χ4v) is 1.88. The third-order valence-electron chi connectivity index (χ3n) is 3.05. The van der Waals surface area contributed by atoms with Gasteiger partial charge in [-0.1, -0.05) is 23.4 Å². The number of nitrogens with two attached hydrogens (primary N) is 1. The zero-order chi connectivity index (χ0) is 17.0. The van der Waals surface area contributed by atoms with Gasteiger partial charge in [-0.2, -0.15) is 0 Å². The standard InChI is InChI=1S/C15H19N5O3/c1-9(2)23-15(22)12-13(16)20(19-18-12)10(3)14(21)17-11-7-5-4-6-8-11/h4-10H,16H2,1-3H3,(H,17,21). The average Bonchev–Trinajstić information content (AvgIpc) is 2.88. The van der Waals surface area contributed by atoms with E-state index in [2.05, 4.69) is 15.6 Å². The maximum absolute atomic E-state index is 12.3. The van der Waals surface area contributed by atoms with E-state index in [-0.39, 0.29) is 23.5 Å². The SMILES string of the molecule is CC(C)OC(=O)c1nnn(C(C)C(=O)Nc2ccccc2)c1N. The number of carbonyl (C=O) groups excluding carboxylic acids is 2. The van der Waals surface area contributed by atoms with E-state index in [0.717, 1.165) is 0 Å². The van der Waals surface area contributed by atoms with Crippen LogP contribution in [0.15, 0.2) is 30.3 Å². The first kappa shape index (κ1) is 16.5. The van der Waals surface area contributed by atoms with E-state index in [9.17, 15) is 9.59 Å². The summed E-state index contributed by atoms with van der Waals surface area (Å²) < 4.78 is 6.22. The number of benzene rings is 1. The van der Waals surface area contributed by atoms with Gasteiger partial charge in [-0.3, -0.25) is 4.79 Å². The number of nitrogen functional groups attached to an aromatic ring is 1. The Morgan fingerprint density at radius 3 is 2.48 bits per heavy atom. The lowest BCUT2D eigenvalue weighted by Gasteiger charge is -2.13. The Bertz CT molecular complexity index is 696. The van der Waals surface area contributed by atoms with Crippen molar-refractivity contribution in [2.45, 2.75) is 32.9 Å². The first-order chi connectivity index (χ1) is 10.9. The Morgan fingerprint density at radius 1 is 1.22 bits per heavy atom. The van der Waals surface area contributed by atoms with Crippen LogP contribution in [0.1, 0.15) is 37.3 Å². The van der Waals surface area contributed by atoms with Gasteiger partial charge >= 0.3 is 5.97 Å². The summed E-state index contributed by atoms with van der Waals surface area (Å²) in [4.78, 5) is 24.1. The van der Waals surface area contributed by atoms with Crippen LogP contribution in [0, 0.1) is 0 Å². The molecular formula is C15H19N5O3. The minimum absolute atomic E-state index is 0.00800. The molecule has 8 heteroatoms. The number of amides is 1. The molecule has 1 heterocycles. The van der Waals surface area contributed by atoms with Crippen molar-refractivity contribution >= 4 is 23.4 Å². The Morgan fingerprint density at radius 2 is 1.87 bits per heavy atom. The Kier molecular flexibility index (Phi) is 4.95. The molecule has 1 unspecified atom stereocenters. The van der Waals surface area contributed by atoms with Gasteiger partial charge in [0.25, 0.3) is 0 Å². The highest BCUT2D eigenvalue weighted by molar-refractivity contribution is 5.95. The van der Waals surface area contributed by atoms with Crippen LogP contribution in [0.2, 0.25) is 0 Å². The summed E-state index contributed by atoms with van der Waals surface area (Å²) in [5, 5.41) is 10.2. The minimum atomic E-state index is -0.733. The Labute approximate surface area is 133 Å². The van der Waals surface area contributed by atoms with Gasteiger partial charge in [0.1, 0.15) is 6.04 Å². The van der Waals surface area contributed by atoms with Crippen LogP contribution in [-0.2, 0) is 9.53 Å². The molecule has 1 aromatic heterocycles. The molecule has 8 nitrogen and oxygen atoms in total. The zero-order valence-electron chi connectivity index (χ0n) is 13.2. The van der Waals surface area contributed by atoms with Gasteiger partial charge in [0.2, 0.25) is 11.6 Å². The van der Waals surface area contributed by atoms with Crippen LogP contribution in [0.4, 0.5) is 11.5 Å². The van der Waals surface area contributed by atoms with Crippen molar-refractivity contribution in [1.82, 2.24) is 15.0 Å². The number of rotatable bonds is 5. The summed E-state index contributed by atoms with van der Waals surface area (Å²) in [6.45, 7) is 5.05. The van der Waals surface area contributed by atoms with Crippen molar-refractivity contribution in [2.75, 3.05) is 11.1 Å². The number of para-hydroxylation sites is 1. The predicted octanol–water partition coefficient (Wildman–Crippen LogP) is 1.63. The minimum Gasteiger partial charge on any atom is -0.458 e. The third kappa shape index (κ3) is 3.85.